The second kappa shape index (κ2) is 7.38. The van der Waals surface area contributed by atoms with Crippen LogP contribution in [0.25, 0.3) is 10.9 Å². The number of nitrogens with zero attached hydrogens (tertiary/aromatic N) is 1. The highest BCUT2D eigenvalue weighted by Crippen LogP contribution is 2.30. The van der Waals surface area contributed by atoms with Crippen LogP contribution in [-0.2, 0) is 12.7 Å². The number of aromatic nitrogens is 1. The number of rotatable bonds is 4. The maximum absolute atomic E-state index is 12.8. The minimum Gasteiger partial charge on any atom is -0.497 e. The quantitative estimate of drug-likeness (QED) is 0.723. The van der Waals surface area contributed by atoms with Crippen molar-refractivity contribution in [3.63, 3.8) is 0 Å². The molecule has 0 aliphatic heterocycles. The van der Waals surface area contributed by atoms with Gasteiger partial charge in [0.05, 0.1) is 23.6 Å². The first-order valence-electron chi connectivity index (χ1n) is 8.44. The molecule has 2 aromatic carbocycles. The van der Waals surface area contributed by atoms with Crippen LogP contribution in [0.5, 0.6) is 5.75 Å². The van der Waals surface area contributed by atoms with Crippen LogP contribution in [0.2, 0.25) is 0 Å². The van der Waals surface area contributed by atoms with E-state index in [-0.39, 0.29) is 11.3 Å². The van der Waals surface area contributed by atoms with E-state index < -0.39 is 23.1 Å². The van der Waals surface area contributed by atoms with E-state index in [4.69, 9.17) is 4.74 Å². The third-order valence-corrected chi connectivity index (χ3v) is 4.34. The molecule has 1 amide bonds. The minimum absolute atomic E-state index is 0.109. The van der Waals surface area contributed by atoms with Crippen LogP contribution in [-0.4, -0.2) is 17.6 Å². The molecule has 1 N–H and O–H groups in total. The number of aryl methyl sites for hydroxylation is 1. The number of methoxy groups -OCH3 is 1. The second-order valence-corrected chi connectivity index (χ2v) is 6.07. The standard InChI is InChI=1S/C20H17F3N2O3/c1-3-25-11-16(18(26)15-10-14(28-2)8-9-17(15)25)19(27)24-13-6-4-12(5-7-13)20(21,22)23/h4-11H,3H2,1-2H3,(H,24,27). The van der Waals surface area contributed by atoms with Gasteiger partial charge in [-0.25, -0.2) is 0 Å². The molecule has 8 heteroatoms. The first-order valence-corrected chi connectivity index (χ1v) is 8.44. The molecule has 5 nitrogen and oxygen atoms in total. The van der Waals surface area contributed by atoms with Crippen molar-refractivity contribution in [1.82, 2.24) is 4.57 Å². The Kier molecular flexibility index (Phi) is 5.13. The fourth-order valence-corrected chi connectivity index (χ4v) is 2.87. The number of alkyl halides is 3. The fourth-order valence-electron chi connectivity index (χ4n) is 2.87. The van der Waals surface area contributed by atoms with Gasteiger partial charge in [-0.15, -0.1) is 0 Å². The van der Waals surface area contributed by atoms with E-state index in [0.717, 1.165) is 24.3 Å². The van der Waals surface area contributed by atoms with Gasteiger partial charge in [0.1, 0.15) is 11.3 Å². The topological polar surface area (TPSA) is 60.3 Å². The molecule has 0 saturated carbocycles. The summed E-state index contributed by atoms with van der Waals surface area (Å²) in [5.74, 6) is -0.218. The van der Waals surface area contributed by atoms with Gasteiger partial charge in [-0.05, 0) is 49.4 Å². The summed E-state index contributed by atoms with van der Waals surface area (Å²) in [5.41, 5.74) is -0.604. The van der Waals surface area contributed by atoms with Crippen molar-refractivity contribution >= 4 is 22.5 Å². The summed E-state index contributed by atoms with van der Waals surface area (Å²) in [6.07, 6.45) is -3.02. The highest BCUT2D eigenvalue weighted by atomic mass is 19.4. The van der Waals surface area contributed by atoms with Crippen molar-refractivity contribution in [2.75, 3.05) is 12.4 Å². The number of fused-ring (bicyclic) bond motifs is 1. The van der Waals surface area contributed by atoms with Crippen LogP contribution < -0.4 is 15.5 Å². The number of ether oxygens (including phenoxy) is 1. The summed E-state index contributed by atoms with van der Waals surface area (Å²) >= 11 is 0. The predicted molar refractivity (Wildman–Crippen MR) is 99.8 cm³/mol. The van der Waals surface area contributed by atoms with Crippen LogP contribution in [0.15, 0.2) is 53.5 Å². The van der Waals surface area contributed by atoms with Crippen molar-refractivity contribution in [1.29, 1.82) is 0 Å². The number of benzene rings is 2. The van der Waals surface area contributed by atoms with E-state index in [2.05, 4.69) is 5.32 Å². The van der Waals surface area contributed by atoms with Crippen molar-refractivity contribution in [3.05, 3.63) is 70.0 Å². The largest absolute Gasteiger partial charge is 0.497 e. The lowest BCUT2D eigenvalue weighted by molar-refractivity contribution is -0.137. The van der Waals surface area contributed by atoms with E-state index in [1.807, 2.05) is 6.92 Å². The second-order valence-electron chi connectivity index (χ2n) is 6.07. The molecular weight excluding hydrogens is 373 g/mol. The van der Waals surface area contributed by atoms with Gasteiger partial charge in [0.15, 0.2) is 0 Å². The minimum atomic E-state index is -4.46. The summed E-state index contributed by atoms with van der Waals surface area (Å²) in [6.45, 7) is 2.38. The van der Waals surface area contributed by atoms with Crippen molar-refractivity contribution in [2.45, 2.75) is 19.6 Å². The number of hydrogen-bond acceptors (Lipinski definition) is 3. The maximum Gasteiger partial charge on any atom is 0.416 e. The maximum atomic E-state index is 12.8. The molecule has 0 saturated heterocycles. The van der Waals surface area contributed by atoms with Crippen LogP contribution in [0.1, 0.15) is 22.8 Å². The van der Waals surface area contributed by atoms with Crippen molar-refractivity contribution < 1.29 is 22.7 Å². The molecule has 146 valence electrons. The van der Waals surface area contributed by atoms with Crippen molar-refractivity contribution in [3.8, 4) is 5.75 Å². The number of anilines is 1. The van der Waals surface area contributed by atoms with E-state index in [1.54, 1.807) is 22.8 Å². The molecule has 0 fully saturated rings. The zero-order chi connectivity index (χ0) is 20.5. The Morgan fingerprint density at radius 1 is 1.14 bits per heavy atom. The number of hydrogen-bond donors (Lipinski definition) is 1. The van der Waals surface area contributed by atoms with E-state index in [0.29, 0.717) is 23.2 Å². The Balaban J connectivity index is 1.99. The van der Waals surface area contributed by atoms with Crippen LogP contribution >= 0.6 is 0 Å². The molecule has 0 bridgehead atoms. The lowest BCUT2D eigenvalue weighted by Gasteiger charge is -2.13. The van der Waals surface area contributed by atoms with Crippen LogP contribution in [0, 0.1) is 0 Å². The zero-order valence-corrected chi connectivity index (χ0v) is 15.1. The van der Waals surface area contributed by atoms with Gasteiger partial charge in [-0.2, -0.15) is 13.2 Å². The smallest absolute Gasteiger partial charge is 0.416 e. The summed E-state index contributed by atoms with van der Waals surface area (Å²) in [5, 5.41) is 2.79. The Labute approximate surface area is 158 Å². The molecule has 0 spiro atoms. The molecule has 1 heterocycles. The third kappa shape index (κ3) is 3.71. The average Bonchev–Trinajstić information content (AvgIpc) is 2.67. The van der Waals surface area contributed by atoms with Gasteiger partial charge < -0.3 is 14.6 Å². The number of amides is 1. The van der Waals surface area contributed by atoms with Gasteiger partial charge >= 0.3 is 6.18 Å². The summed E-state index contributed by atoms with van der Waals surface area (Å²) in [7, 11) is 1.47. The molecule has 0 aliphatic carbocycles. The van der Waals surface area contributed by atoms with E-state index in [1.165, 1.54) is 13.3 Å². The van der Waals surface area contributed by atoms with Gasteiger partial charge in [0.25, 0.3) is 5.91 Å². The van der Waals surface area contributed by atoms with E-state index >= 15 is 0 Å². The highest BCUT2D eigenvalue weighted by Gasteiger charge is 2.30. The number of pyridine rings is 1. The monoisotopic (exact) mass is 390 g/mol. The molecule has 28 heavy (non-hydrogen) atoms. The Hall–Kier alpha value is -3.29. The third-order valence-electron chi connectivity index (χ3n) is 4.34. The Morgan fingerprint density at radius 2 is 1.82 bits per heavy atom. The fraction of sp³-hybridized carbons (Fsp3) is 0.200. The lowest BCUT2D eigenvalue weighted by atomic mass is 10.1. The van der Waals surface area contributed by atoms with Gasteiger partial charge in [-0.3, -0.25) is 9.59 Å². The highest BCUT2D eigenvalue weighted by molar-refractivity contribution is 6.05. The Morgan fingerprint density at radius 3 is 2.39 bits per heavy atom. The molecule has 3 aromatic rings. The summed E-state index contributed by atoms with van der Waals surface area (Å²) < 4.78 is 44.8. The SMILES string of the molecule is CCn1cc(C(=O)Nc2ccc(C(F)(F)F)cc2)c(=O)c2cc(OC)ccc21. The average molecular weight is 390 g/mol. The predicted octanol–water partition coefficient (Wildman–Crippen LogP) is 4.30. The molecule has 0 radical (unpaired) electrons. The number of halogens is 3. The van der Waals surface area contributed by atoms with Crippen molar-refractivity contribution in [2.24, 2.45) is 0 Å². The first kappa shape index (κ1) is 19.5. The molecular formula is C20H17F3N2O3. The van der Waals surface area contributed by atoms with Gasteiger partial charge in [0, 0.05) is 18.4 Å². The molecule has 0 unspecified atom stereocenters. The summed E-state index contributed by atoms with van der Waals surface area (Å²) in [6, 6.07) is 9.02. The molecule has 0 aliphatic rings. The van der Waals surface area contributed by atoms with Crippen LogP contribution in [0.3, 0.4) is 0 Å². The number of carbonyl (C=O) groups is 1. The van der Waals surface area contributed by atoms with E-state index in [9.17, 15) is 22.8 Å². The summed E-state index contributed by atoms with van der Waals surface area (Å²) in [4.78, 5) is 25.4. The van der Waals surface area contributed by atoms with Gasteiger partial charge in [-0.1, -0.05) is 0 Å². The zero-order valence-electron chi connectivity index (χ0n) is 15.1. The lowest BCUT2D eigenvalue weighted by Crippen LogP contribution is -2.24. The Bertz CT molecular complexity index is 1090. The van der Waals surface area contributed by atoms with Crippen LogP contribution in [0.4, 0.5) is 18.9 Å². The molecule has 1 aromatic heterocycles. The molecule has 3 rings (SSSR count). The number of nitrogens with one attached hydrogen (secondary N) is 1. The number of carbonyl (C=O) groups excluding carboxylic acids is 1. The van der Waals surface area contributed by atoms with Gasteiger partial charge in [0.2, 0.25) is 5.43 Å². The molecule has 0 atom stereocenters. The first-order chi connectivity index (χ1) is 13.2. The normalized spacial score (nSPS) is 11.5.